The van der Waals surface area contributed by atoms with Crippen molar-refractivity contribution in [3.63, 3.8) is 0 Å². The lowest BCUT2D eigenvalue weighted by atomic mass is 9.97. The first-order chi connectivity index (χ1) is 11.9. The highest BCUT2D eigenvalue weighted by Crippen LogP contribution is 2.23. The Morgan fingerprint density at radius 3 is 2.44 bits per heavy atom. The minimum atomic E-state index is -3.20. The van der Waals surface area contributed by atoms with Crippen LogP contribution in [0.25, 0.3) is 0 Å². The van der Waals surface area contributed by atoms with Crippen LogP contribution >= 0.6 is 0 Å². The number of piperidine rings is 1. The van der Waals surface area contributed by atoms with Gasteiger partial charge in [0.05, 0.1) is 25.3 Å². The van der Waals surface area contributed by atoms with Crippen LogP contribution in [0.4, 0.5) is 5.95 Å². The van der Waals surface area contributed by atoms with Gasteiger partial charge in [0.1, 0.15) is 0 Å². The summed E-state index contributed by atoms with van der Waals surface area (Å²) in [4.78, 5) is 22.3. The number of nitrogens with zero attached hydrogens (tertiary/aromatic N) is 4. The smallest absolute Gasteiger partial charge is 0.232 e. The van der Waals surface area contributed by atoms with Crippen molar-refractivity contribution in [2.45, 2.75) is 32.6 Å². The lowest BCUT2D eigenvalue weighted by molar-refractivity contribution is -0.123. The molecule has 1 fully saturated rings. The molecule has 1 amide bonds. The van der Waals surface area contributed by atoms with Crippen molar-refractivity contribution >= 4 is 21.9 Å². The Bertz CT molecular complexity index is 670. The van der Waals surface area contributed by atoms with Crippen molar-refractivity contribution in [1.82, 2.24) is 14.3 Å². The summed E-state index contributed by atoms with van der Waals surface area (Å²) in [5, 5.41) is 0. The van der Waals surface area contributed by atoms with E-state index < -0.39 is 10.0 Å². The minimum Gasteiger partial charge on any atom is -0.494 e. The highest BCUT2D eigenvalue weighted by Gasteiger charge is 2.32. The number of carbonyl (C=O) groups excluding carboxylic acids is 1. The van der Waals surface area contributed by atoms with E-state index in [0.717, 1.165) is 6.42 Å². The Balaban J connectivity index is 1.94. The van der Waals surface area contributed by atoms with Crippen molar-refractivity contribution in [3.8, 4) is 5.75 Å². The van der Waals surface area contributed by atoms with Crippen LogP contribution in [0.3, 0.4) is 0 Å². The second-order valence-corrected chi connectivity index (χ2v) is 8.25. The van der Waals surface area contributed by atoms with Crippen LogP contribution < -0.4 is 9.64 Å². The van der Waals surface area contributed by atoms with Crippen molar-refractivity contribution in [2.24, 2.45) is 5.92 Å². The highest BCUT2D eigenvalue weighted by atomic mass is 32.2. The van der Waals surface area contributed by atoms with Gasteiger partial charge in [-0.05, 0) is 19.3 Å². The lowest BCUT2D eigenvalue weighted by Crippen LogP contribution is -2.44. The first kappa shape index (κ1) is 19.6. The monoisotopic (exact) mass is 370 g/mol. The standard InChI is InChI=1S/C16H26N4O4S/c1-4-5-10-25(22,23)20-8-6-13(7-9-20)15(21)19(2)16-17-11-14(24-3)12-18-16/h11-13H,4-10H2,1-3H3. The third kappa shape index (κ3) is 4.88. The summed E-state index contributed by atoms with van der Waals surface area (Å²) in [5.74, 6) is 0.713. The van der Waals surface area contributed by atoms with Gasteiger partial charge in [0.15, 0.2) is 5.75 Å². The summed E-state index contributed by atoms with van der Waals surface area (Å²) in [7, 11) is -0.0481. The molecule has 25 heavy (non-hydrogen) atoms. The molecule has 140 valence electrons. The molecule has 1 saturated heterocycles. The fourth-order valence-electron chi connectivity index (χ4n) is 2.80. The van der Waals surface area contributed by atoms with Crippen LogP contribution in [-0.4, -0.2) is 61.6 Å². The quantitative estimate of drug-likeness (QED) is 0.718. The molecule has 8 nitrogen and oxygen atoms in total. The number of rotatable bonds is 7. The normalized spacial score (nSPS) is 16.6. The topological polar surface area (TPSA) is 92.7 Å². The van der Waals surface area contributed by atoms with Crippen LogP contribution in [0.2, 0.25) is 0 Å². The number of unbranched alkanes of at least 4 members (excludes halogenated alkanes) is 1. The Labute approximate surface area is 149 Å². The molecule has 0 aliphatic carbocycles. The molecule has 1 aliphatic heterocycles. The first-order valence-corrected chi connectivity index (χ1v) is 10.1. The SMILES string of the molecule is CCCCS(=O)(=O)N1CCC(C(=O)N(C)c2ncc(OC)cn2)CC1. The molecule has 2 rings (SSSR count). The highest BCUT2D eigenvalue weighted by molar-refractivity contribution is 7.89. The van der Waals surface area contributed by atoms with E-state index in [1.54, 1.807) is 7.05 Å². The Morgan fingerprint density at radius 1 is 1.32 bits per heavy atom. The van der Waals surface area contributed by atoms with Gasteiger partial charge in [-0.3, -0.25) is 9.69 Å². The number of carbonyl (C=O) groups is 1. The van der Waals surface area contributed by atoms with Gasteiger partial charge in [-0.15, -0.1) is 0 Å². The zero-order valence-electron chi connectivity index (χ0n) is 15.0. The number of anilines is 1. The third-order valence-electron chi connectivity index (χ3n) is 4.43. The van der Waals surface area contributed by atoms with Crippen LogP contribution in [-0.2, 0) is 14.8 Å². The minimum absolute atomic E-state index is 0.0872. The summed E-state index contributed by atoms with van der Waals surface area (Å²) < 4.78 is 31.0. The van der Waals surface area contributed by atoms with E-state index in [4.69, 9.17) is 4.74 Å². The molecule has 1 aromatic heterocycles. The van der Waals surface area contributed by atoms with E-state index in [9.17, 15) is 13.2 Å². The summed E-state index contributed by atoms with van der Waals surface area (Å²) in [5.41, 5.74) is 0. The molecule has 0 bridgehead atoms. The van der Waals surface area contributed by atoms with Crippen molar-refractivity contribution in [3.05, 3.63) is 12.4 Å². The summed E-state index contributed by atoms with van der Waals surface area (Å²) in [6, 6.07) is 0. The number of amides is 1. The zero-order chi connectivity index (χ0) is 18.4. The van der Waals surface area contributed by atoms with Crippen molar-refractivity contribution in [2.75, 3.05) is 37.9 Å². The van der Waals surface area contributed by atoms with Crippen LogP contribution in [0.1, 0.15) is 32.6 Å². The molecule has 9 heteroatoms. The largest absolute Gasteiger partial charge is 0.494 e. The second kappa shape index (κ2) is 8.57. The molecule has 2 heterocycles. The second-order valence-electron chi connectivity index (χ2n) is 6.16. The number of ether oxygens (including phenoxy) is 1. The maximum Gasteiger partial charge on any atom is 0.232 e. The molecule has 0 atom stereocenters. The number of hydrogen-bond donors (Lipinski definition) is 0. The van der Waals surface area contributed by atoms with E-state index in [-0.39, 0.29) is 17.6 Å². The van der Waals surface area contributed by atoms with Gasteiger partial charge in [-0.25, -0.2) is 22.7 Å². The molecular weight excluding hydrogens is 344 g/mol. The molecule has 0 radical (unpaired) electrons. The van der Waals surface area contributed by atoms with Gasteiger partial charge in [-0.2, -0.15) is 0 Å². The molecule has 1 aliphatic rings. The molecule has 0 N–H and O–H groups in total. The van der Waals surface area contributed by atoms with Gasteiger partial charge in [-0.1, -0.05) is 13.3 Å². The van der Waals surface area contributed by atoms with E-state index in [1.807, 2.05) is 6.92 Å². The fraction of sp³-hybridized carbons (Fsp3) is 0.688. The molecule has 0 spiro atoms. The van der Waals surface area contributed by atoms with E-state index >= 15 is 0 Å². The zero-order valence-corrected chi connectivity index (χ0v) is 15.8. The summed E-state index contributed by atoms with van der Waals surface area (Å²) in [6.07, 6.45) is 5.57. The van der Waals surface area contributed by atoms with Crippen molar-refractivity contribution in [1.29, 1.82) is 0 Å². The number of hydrogen-bond acceptors (Lipinski definition) is 6. The van der Waals surface area contributed by atoms with E-state index in [2.05, 4.69) is 9.97 Å². The van der Waals surface area contributed by atoms with Gasteiger partial charge >= 0.3 is 0 Å². The number of aromatic nitrogens is 2. The summed E-state index contributed by atoms with van der Waals surface area (Å²) in [6.45, 7) is 2.75. The first-order valence-electron chi connectivity index (χ1n) is 8.50. The Kier molecular flexibility index (Phi) is 6.71. The molecule has 0 aromatic carbocycles. The number of sulfonamides is 1. The van der Waals surface area contributed by atoms with Gasteiger partial charge in [0.2, 0.25) is 21.9 Å². The van der Waals surface area contributed by atoms with Crippen LogP contribution in [0, 0.1) is 5.92 Å². The number of methoxy groups -OCH3 is 1. The average molecular weight is 370 g/mol. The van der Waals surface area contributed by atoms with Gasteiger partial charge in [0.25, 0.3) is 0 Å². The van der Waals surface area contributed by atoms with Crippen molar-refractivity contribution < 1.29 is 17.9 Å². The lowest BCUT2D eigenvalue weighted by Gasteiger charge is -2.32. The third-order valence-corrected chi connectivity index (χ3v) is 6.39. The van der Waals surface area contributed by atoms with Crippen LogP contribution in [0.5, 0.6) is 5.75 Å². The van der Waals surface area contributed by atoms with E-state index in [0.29, 0.717) is 44.0 Å². The molecular formula is C16H26N4O4S. The summed E-state index contributed by atoms with van der Waals surface area (Å²) >= 11 is 0. The molecule has 0 unspecified atom stereocenters. The predicted molar refractivity (Wildman–Crippen MR) is 95.0 cm³/mol. The predicted octanol–water partition coefficient (Wildman–Crippen LogP) is 1.29. The maximum absolute atomic E-state index is 12.6. The van der Waals surface area contributed by atoms with E-state index in [1.165, 1.54) is 28.7 Å². The fourth-order valence-corrected chi connectivity index (χ4v) is 4.48. The Morgan fingerprint density at radius 2 is 1.92 bits per heavy atom. The molecule has 0 saturated carbocycles. The van der Waals surface area contributed by atoms with Crippen LogP contribution in [0.15, 0.2) is 12.4 Å². The maximum atomic E-state index is 12.6. The van der Waals surface area contributed by atoms with Gasteiger partial charge < -0.3 is 4.74 Å². The average Bonchev–Trinajstić information content (AvgIpc) is 2.65. The Hall–Kier alpha value is -1.74. The molecule has 1 aromatic rings. The van der Waals surface area contributed by atoms with Gasteiger partial charge in [0, 0.05) is 26.1 Å².